The number of hydrogen-bond donors (Lipinski definition) is 1. The Labute approximate surface area is 101 Å². The van der Waals surface area contributed by atoms with E-state index < -0.39 is 0 Å². The Bertz CT molecular complexity index is 471. The normalized spacial score (nSPS) is 11.5. The van der Waals surface area contributed by atoms with Gasteiger partial charge in [-0.25, -0.2) is 0 Å². The van der Waals surface area contributed by atoms with Crippen LogP contribution in [0, 0.1) is 0 Å². The third kappa shape index (κ3) is 3.06. The molecule has 0 spiro atoms. The highest BCUT2D eigenvalue weighted by molar-refractivity contribution is 5.42. The van der Waals surface area contributed by atoms with Gasteiger partial charge in [0.2, 0.25) is 11.8 Å². The van der Waals surface area contributed by atoms with Gasteiger partial charge in [-0.2, -0.15) is 0 Å². The van der Waals surface area contributed by atoms with E-state index in [9.17, 15) is 0 Å². The summed E-state index contributed by atoms with van der Waals surface area (Å²) in [5, 5.41) is 11.3. The highest BCUT2D eigenvalue weighted by atomic mass is 16.4. The van der Waals surface area contributed by atoms with E-state index in [1.54, 1.807) is 0 Å². The Morgan fingerprint density at radius 3 is 2.41 bits per heavy atom. The molecule has 4 heteroatoms. The van der Waals surface area contributed by atoms with Gasteiger partial charge in [-0.15, -0.1) is 10.2 Å². The lowest BCUT2D eigenvalue weighted by Crippen LogP contribution is -2.11. The topological polar surface area (TPSA) is 51.0 Å². The van der Waals surface area contributed by atoms with Gasteiger partial charge in [0, 0.05) is 11.1 Å². The van der Waals surface area contributed by atoms with Gasteiger partial charge < -0.3 is 9.73 Å². The van der Waals surface area contributed by atoms with Crippen molar-refractivity contribution < 1.29 is 4.42 Å². The molecule has 0 fully saturated rings. The average molecular weight is 231 g/mol. The molecule has 0 aliphatic heterocycles. The first-order chi connectivity index (χ1) is 8.05. The van der Waals surface area contributed by atoms with Crippen molar-refractivity contribution in [3.63, 3.8) is 0 Å². The zero-order valence-electron chi connectivity index (χ0n) is 10.4. The fourth-order valence-corrected chi connectivity index (χ4v) is 1.36. The quantitative estimate of drug-likeness (QED) is 0.882. The lowest BCUT2D eigenvalue weighted by Gasteiger charge is -2.11. The monoisotopic (exact) mass is 231 g/mol. The van der Waals surface area contributed by atoms with Crippen LogP contribution in [0.4, 0.5) is 5.69 Å². The molecule has 0 atom stereocenters. The smallest absolute Gasteiger partial charge is 0.235 e. The number of rotatable bonds is 3. The van der Waals surface area contributed by atoms with Gasteiger partial charge in [-0.05, 0) is 12.1 Å². The predicted molar refractivity (Wildman–Crippen MR) is 66.8 cm³/mol. The first-order valence-corrected chi connectivity index (χ1v) is 5.67. The summed E-state index contributed by atoms with van der Waals surface area (Å²) < 4.78 is 5.59. The van der Waals surface area contributed by atoms with Gasteiger partial charge in [0.25, 0.3) is 0 Å². The summed E-state index contributed by atoms with van der Waals surface area (Å²) in [6, 6.07) is 9.95. The lowest BCUT2D eigenvalue weighted by molar-refractivity contribution is 0.374. The maximum Gasteiger partial charge on any atom is 0.235 e. The highest BCUT2D eigenvalue weighted by Gasteiger charge is 2.21. The molecular formula is C13H17N3O. The lowest BCUT2D eigenvalue weighted by atomic mass is 9.97. The molecule has 4 nitrogen and oxygen atoms in total. The minimum Gasteiger partial charge on any atom is -0.423 e. The number of hydrogen-bond acceptors (Lipinski definition) is 4. The van der Waals surface area contributed by atoms with Crippen LogP contribution in [0.5, 0.6) is 0 Å². The largest absolute Gasteiger partial charge is 0.423 e. The fourth-order valence-electron chi connectivity index (χ4n) is 1.36. The Morgan fingerprint density at radius 2 is 1.82 bits per heavy atom. The average Bonchev–Trinajstić information content (AvgIpc) is 2.76. The van der Waals surface area contributed by atoms with E-state index in [0.29, 0.717) is 18.3 Å². The minimum absolute atomic E-state index is 0.0992. The van der Waals surface area contributed by atoms with Crippen molar-refractivity contribution in [3.8, 4) is 0 Å². The van der Waals surface area contributed by atoms with E-state index in [4.69, 9.17) is 4.42 Å². The molecule has 1 aromatic carbocycles. The molecule has 0 aliphatic rings. The molecule has 1 heterocycles. The van der Waals surface area contributed by atoms with Crippen LogP contribution in [0.2, 0.25) is 0 Å². The summed E-state index contributed by atoms with van der Waals surface area (Å²) in [6.45, 7) is 6.70. The summed E-state index contributed by atoms with van der Waals surface area (Å²) >= 11 is 0. The summed E-state index contributed by atoms with van der Waals surface area (Å²) in [4.78, 5) is 0. The molecule has 2 rings (SSSR count). The number of benzene rings is 1. The molecule has 2 aromatic rings. The highest BCUT2D eigenvalue weighted by Crippen LogP contribution is 2.20. The molecule has 0 amide bonds. The number of anilines is 1. The van der Waals surface area contributed by atoms with E-state index in [1.807, 2.05) is 30.3 Å². The zero-order chi connectivity index (χ0) is 12.3. The van der Waals surface area contributed by atoms with Crippen LogP contribution in [0.25, 0.3) is 0 Å². The summed E-state index contributed by atoms with van der Waals surface area (Å²) in [7, 11) is 0. The SMILES string of the molecule is CC(C)(C)c1nnc(CNc2ccccc2)o1. The molecule has 1 N–H and O–H groups in total. The van der Waals surface area contributed by atoms with Crippen LogP contribution in [0.15, 0.2) is 34.7 Å². The van der Waals surface area contributed by atoms with Crippen molar-refractivity contribution in [2.45, 2.75) is 32.7 Å². The van der Waals surface area contributed by atoms with Crippen molar-refractivity contribution in [2.24, 2.45) is 0 Å². The predicted octanol–water partition coefficient (Wildman–Crippen LogP) is 2.98. The van der Waals surface area contributed by atoms with E-state index in [0.717, 1.165) is 5.69 Å². The Balaban J connectivity index is 1.99. The van der Waals surface area contributed by atoms with Crippen LogP contribution in [0.1, 0.15) is 32.6 Å². The molecule has 0 bridgehead atoms. The van der Waals surface area contributed by atoms with Crippen LogP contribution in [-0.2, 0) is 12.0 Å². The molecular weight excluding hydrogens is 214 g/mol. The van der Waals surface area contributed by atoms with E-state index in [2.05, 4.69) is 36.3 Å². The second-order valence-electron chi connectivity index (χ2n) is 4.97. The third-order valence-corrected chi connectivity index (χ3v) is 2.33. The maximum atomic E-state index is 5.59. The van der Waals surface area contributed by atoms with Crippen molar-refractivity contribution in [2.75, 3.05) is 5.32 Å². The Morgan fingerprint density at radius 1 is 1.12 bits per heavy atom. The van der Waals surface area contributed by atoms with Gasteiger partial charge >= 0.3 is 0 Å². The molecule has 1 aromatic heterocycles. The van der Waals surface area contributed by atoms with Gasteiger partial charge in [-0.1, -0.05) is 39.0 Å². The zero-order valence-corrected chi connectivity index (χ0v) is 10.4. The van der Waals surface area contributed by atoms with E-state index in [-0.39, 0.29) is 5.41 Å². The first kappa shape index (κ1) is 11.6. The van der Waals surface area contributed by atoms with Gasteiger partial charge in [0.1, 0.15) is 0 Å². The van der Waals surface area contributed by atoms with Crippen LogP contribution in [0.3, 0.4) is 0 Å². The summed E-state index contributed by atoms with van der Waals surface area (Å²) in [5.74, 6) is 1.28. The van der Waals surface area contributed by atoms with Gasteiger partial charge in [0.15, 0.2) is 0 Å². The fraction of sp³-hybridized carbons (Fsp3) is 0.385. The molecule has 0 aliphatic carbocycles. The van der Waals surface area contributed by atoms with E-state index >= 15 is 0 Å². The Kier molecular flexibility index (Phi) is 3.13. The van der Waals surface area contributed by atoms with Crippen LogP contribution < -0.4 is 5.32 Å². The minimum atomic E-state index is -0.0992. The summed E-state index contributed by atoms with van der Waals surface area (Å²) in [5.41, 5.74) is 0.945. The second-order valence-corrected chi connectivity index (χ2v) is 4.97. The number of para-hydroxylation sites is 1. The van der Waals surface area contributed by atoms with Crippen molar-refractivity contribution >= 4 is 5.69 Å². The second kappa shape index (κ2) is 4.57. The summed E-state index contributed by atoms with van der Waals surface area (Å²) in [6.07, 6.45) is 0. The van der Waals surface area contributed by atoms with Gasteiger partial charge in [0.05, 0.1) is 6.54 Å². The van der Waals surface area contributed by atoms with Crippen LogP contribution >= 0.6 is 0 Å². The number of aromatic nitrogens is 2. The molecule has 0 saturated carbocycles. The number of nitrogens with one attached hydrogen (secondary N) is 1. The third-order valence-electron chi connectivity index (χ3n) is 2.33. The standard InChI is InChI=1S/C13H17N3O/c1-13(2,3)12-16-15-11(17-12)9-14-10-7-5-4-6-8-10/h4-8,14H,9H2,1-3H3. The molecule has 0 radical (unpaired) electrons. The molecule has 0 unspecified atom stereocenters. The van der Waals surface area contributed by atoms with Crippen molar-refractivity contribution in [1.82, 2.24) is 10.2 Å². The molecule has 90 valence electrons. The van der Waals surface area contributed by atoms with Crippen LogP contribution in [-0.4, -0.2) is 10.2 Å². The number of nitrogens with zero attached hydrogens (tertiary/aromatic N) is 2. The first-order valence-electron chi connectivity index (χ1n) is 5.67. The van der Waals surface area contributed by atoms with Crippen molar-refractivity contribution in [3.05, 3.63) is 42.1 Å². The molecule has 0 saturated heterocycles. The van der Waals surface area contributed by atoms with E-state index in [1.165, 1.54) is 0 Å². The molecule has 17 heavy (non-hydrogen) atoms. The van der Waals surface area contributed by atoms with Gasteiger partial charge in [-0.3, -0.25) is 0 Å². The Hall–Kier alpha value is -1.84. The van der Waals surface area contributed by atoms with Crippen molar-refractivity contribution in [1.29, 1.82) is 0 Å². The maximum absolute atomic E-state index is 5.59.